The maximum absolute atomic E-state index is 11.3. The van der Waals surface area contributed by atoms with E-state index >= 15 is 0 Å². The highest BCUT2D eigenvalue weighted by atomic mass is 35.5. The Labute approximate surface area is 87.5 Å². The average Bonchev–Trinajstić information content (AvgIpc) is 2.17. The molecule has 0 radical (unpaired) electrons. The third-order valence-corrected chi connectivity index (χ3v) is 2.26. The van der Waals surface area contributed by atoms with Crippen LogP contribution in [0.3, 0.4) is 0 Å². The van der Waals surface area contributed by atoms with Crippen molar-refractivity contribution >= 4 is 30.0 Å². The summed E-state index contributed by atoms with van der Waals surface area (Å²) in [5.41, 5.74) is 0.603. The summed E-state index contributed by atoms with van der Waals surface area (Å²) in [5.74, 6) is -0.0523. The molecule has 0 fully saturated rings. The van der Waals surface area contributed by atoms with Crippen molar-refractivity contribution in [2.45, 2.75) is 13.3 Å². The predicted octanol–water partition coefficient (Wildman–Crippen LogP) is 0.613. The highest BCUT2D eigenvalue weighted by Crippen LogP contribution is 2.09. The smallest absolute Gasteiger partial charge is 0.423 e. The van der Waals surface area contributed by atoms with Gasteiger partial charge in [-0.1, -0.05) is 24.6 Å². The van der Waals surface area contributed by atoms with Crippen LogP contribution in [0.25, 0.3) is 0 Å². The van der Waals surface area contributed by atoms with Gasteiger partial charge in [-0.3, -0.25) is 4.79 Å². The van der Waals surface area contributed by atoms with Gasteiger partial charge in [-0.2, -0.15) is 0 Å². The average molecular weight is 212 g/mol. The van der Waals surface area contributed by atoms with Crippen molar-refractivity contribution in [2.75, 3.05) is 0 Å². The van der Waals surface area contributed by atoms with Crippen LogP contribution >= 0.6 is 11.6 Å². The second-order valence-electron chi connectivity index (χ2n) is 2.89. The van der Waals surface area contributed by atoms with Gasteiger partial charge in [-0.05, 0) is 12.1 Å². The van der Waals surface area contributed by atoms with Gasteiger partial charge in [0.15, 0.2) is 5.78 Å². The van der Waals surface area contributed by atoms with E-state index in [1.54, 1.807) is 13.0 Å². The SMILES string of the molecule is CCC(=O)c1ccc(Cl)c(B(O)O)c1. The van der Waals surface area contributed by atoms with E-state index in [9.17, 15) is 4.79 Å². The second-order valence-corrected chi connectivity index (χ2v) is 3.29. The Kier molecular flexibility index (Phi) is 3.69. The molecule has 5 heteroatoms. The summed E-state index contributed by atoms with van der Waals surface area (Å²) >= 11 is 5.71. The summed E-state index contributed by atoms with van der Waals surface area (Å²) in [7, 11) is -1.65. The molecule has 0 saturated heterocycles. The Morgan fingerprint density at radius 3 is 2.64 bits per heavy atom. The number of ketones is 1. The molecular weight excluding hydrogens is 202 g/mol. The van der Waals surface area contributed by atoms with Gasteiger partial charge in [0.2, 0.25) is 0 Å². The normalized spacial score (nSPS) is 10.0. The fourth-order valence-electron chi connectivity index (χ4n) is 1.12. The van der Waals surface area contributed by atoms with E-state index in [4.69, 9.17) is 21.6 Å². The minimum atomic E-state index is -1.65. The third-order valence-electron chi connectivity index (χ3n) is 1.92. The molecule has 0 heterocycles. The molecule has 0 amide bonds. The van der Waals surface area contributed by atoms with Crippen molar-refractivity contribution in [3.63, 3.8) is 0 Å². The van der Waals surface area contributed by atoms with E-state index in [-0.39, 0.29) is 16.3 Å². The molecule has 0 aliphatic rings. The zero-order valence-corrected chi connectivity index (χ0v) is 8.45. The first-order valence-corrected chi connectivity index (χ1v) is 4.62. The van der Waals surface area contributed by atoms with E-state index in [0.717, 1.165) is 0 Å². The molecule has 0 aliphatic carbocycles. The first kappa shape index (κ1) is 11.2. The summed E-state index contributed by atoms with van der Waals surface area (Å²) in [6.45, 7) is 1.74. The second kappa shape index (κ2) is 4.60. The molecule has 3 nitrogen and oxygen atoms in total. The highest BCUT2D eigenvalue weighted by molar-refractivity contribution is 6.62. The molecule has 0 bridgehead atoms. The summed E-state index contributed by atoms with van der Waals surface area (Å²) in [5, 5.41) is 18.1. The Hall–Kier alpha value is -0.835. The molecule has 0 aliphatic heterocycles. The Bertz CT molecular complexity index is 352. The van der Waals surface area contributed by atoms with Gasteiger partial charge in [0.05, 0.1) is 0 Å². The minimum absolute atomic E-state index is 0.0523. The number of halogens is 1. The molecule has 2 N–H and O–H groups in total. The molecule has 1 aromatic rings. The van der Waals surface area contributed by atoms with E-state index in [1.807, 2.05) is 0 Å². The van der Waals surface area contributed by atoms with Gasteiger partial charge in [0.25, 0.3) is 0 Å². The Morgan fingerprint density at radius 1 is 1.50 bits per heavy atom. The maximum atomic E-state index is 11.3. The lowest BCUT2D eigenvalue weighted by Crippen LogP contribution is -2.31. The van der Waals surface area contributed by atoms with Gasteiger partial charge < -0.3 is 10.0 Å². The van der Waals surface area contributed by atoms with E-state index in [0.29, 0.717) is 12.0 Å². The molecule has 0 unspecified atom stereocenters. The van der Waals surface area contributed by atoms with E-state index in [2.05, 4.69) is 0 Å². The molecule has 1 aromatic carbocycles. The summed E-state index contributed by atoms with van der Waals surface area (Å²) in [6.07, 6.45) is 0.378. The fourth-order valence-corrected chi connectivity index (χ4v) is 1.33. The van der Waals surface area contributed by atoms with Crippen LogP contribution in [0.4, 0.5) is 0 Å². The van der Waals surface area contributed by atoms with Crippen molar-refractivity contribution in [1.82, 2.24) is 0 Å². The fraction of sp³-hybridized carbons (Fsp3) is 0.222. The van der Waals surface area contributed by atoms with Gasteiger partial charge in [-0.15, -0.1) is 0 Å². The third kappa shape index (κ3) is 2.35. The van der Waals surface area contributed by atoms with Crippen molar-refractivity contribution in [3.05, 3.63) is 28.8 Å². The molecule has 1 rings (SSSR count). The molecule has 14 heavy (non-hydrogen) atoms. The lowest BCUT2D eigenvalue weighted by atomic mass is 9.79. The highest BCUT2D eigenvalue weighted by Gasteiger charge is 2.16. The van der Waals surface area contributed by atoms with Gasteiger partial charge in [-0.25, -0.2) is 0 Å². The maximum Gasteiger partial charge on any atom is 0.489 e. The number of hydrogen-bond acceptors (Lipinski definition) is 3. The number of hydrogen-bond donors (Lipinski definition) is 2. The molecule has 0 aromatic heterocycles. The zero-order chi connectivity index (χ0) is 10.7. The van der Waals surface area contributed by atoms with Gasteiger partial charge in [0.1, 0.15) is 0 Å². The number of carbonyl (C=O) groups is 1. The lowest BCUT2D eigenvalue weighted by Gasteiger charge is -2.05. The monoisotopic (exact) mass is 212 g/mol. The topological polar surface area (TPSA) is 57.5 Å². The van der Waals surface area contributed by atoms with Crippen LogP contribution in [0.5, 0.6) is 0 Å². The van der Waals surface area contributed by atoms with Crippen LogP contribution in [-0.4, -0.2) is 22.9 Å². The summed E-state index contributed by atoms with van der Waals surface area (Å²) in [4.78, 5) is 11.3. The Balaban J connectivity index is 3.13. The molecule has 0 saturated carbocycles. The van der Waals surface area contributed by atoms with Crippen molar-refractivity contribution in [3.8, 4) is 0 Å². The van der Waals surface area contributed by atoms with Crippen LogP contribution in [-0.2, 0) is 0 Å². The standard InChI is InChI=1S/C9H10BClO3/c1-2-9(12)6-3-4-8(11)7(5-6)10(13)14/h3-5,13-14H,2H2,1H3. The largest absolute Gasteiger partial charge is 0.489 e. The van der Waals surface area contributed by atoms with Crippen LogP contribution in [0.15, 0.2) is 18.2 Å². The summed E-state index contributed by atoms with van der Waals surface area (Å²) in [6, 6.07) is 4.46. The quantitative estimate of drug-likeness (QED) is 0.570. The van der Waals surface area contributed by atoms with Crippen LogP contribution in [0.2, 0.25) is 5.02 Å². The first-order chi connectivity index (χ1) is 6.56. The predicted molar refractivity (Wildman–Crippen MR) is 55.9 cm³/mol. The minimum Gasteiger partial charge on any atom is -0.423 e. The van der Waals surface area contributed by atoms with Gasteiger partial charge in [0, 0.05) is 22.5 Å². The number of Topliss-reactive ketones (excluding diaryl/α,β-unsaturated/α-hetero) is 1. The van der Waals surface area contributed by atoms with Crippen molar-refractivity contribution in [2.24, 2.45) is 0 Å². The zero-order valence-electron chi connectivity index (χ0n) is 7.70. The summed E-state index contributed by atoms with van der Waals surface area (Å²) < 4.78 is 0. The van der Waals surface area contributed by atoms with E-state index in [1.165, 1.54) is 12.1 Å². The Morgan fingerprint density at radius 2 is 2.14 bits per heavy atom. The van der Waals surface area contributed by atoms with Crippen molar-refractivity contribution in [1.29, 1.82) is 0 Å². The van der Waals surface area contributed by atoms with E-state index < -0.39 is 7.12 Å². The van der Waals surface area contributed by atoms with Crippen LogP contribution < -0.4 is 5.46 Å². The first-order valence-electron chi connectivity index (χ1n) is 4.25. The van der Waals surface area contributed by atoms with Gasteiger partial charge >= 0.3 is 7.12 Å². The number of rotatable bonds is 3. The molecular formula is C9H10BClO3. The molecule has 0 atom stereocenters. The van der Waals surface area contributed by atoms with Crippen LogP contribution in [0.1, 0.15) is 23.7 Å². The molecule has 74 valence electrons. The van der Waals surface area contributed by atoms with Crippen LogP contribution in [0, 0.1) is 0 Å². The number of carbonyl (C=O) groups excluding carboxylic acids is 1. The lowest BCUT2D eigenvalue weighted by molar-refractivity contribution is 0.0988. The molecule has 0 spiro atoms. The number of benzene rings is 1. The van der Waals surface area contributed by atoms with Crippen molar-refractivity contribution < 1.29 is 14.8 Å².